The molecule has 0 aliphatic carbocycles. The van der Waals surface area contributed by atoms with Gasteiger partial charge in [-0.25, -0.2) is 4.79 Å². The Hall–Kier alpha value is -4.45. The summed E-state index contributed by atoms with van der Waals surface area (Å²) < 4.78 is 27.5. The highest BCUT2D eigenvalue weighted by Crippen LogP contribution is 2.40. The van der Waals surface area contributed by atoms with Gasteiger partial charge in [0.1, 0.15) is 17.2 Å². The van der Waals surface area contributed by atoms with Crippen LogP contribution in [0.15, 0.2) is 24.3 Å². The minimum Gasteiger partial charge on any atom is -0.493 e. The van der Waals surface area contributed by atoms with E-state index in [-0.39, 0.29) is 70.2 Å². The number of hydrogen-bond donors (Lipinski definition) is 0. The predicted molar refractivity (Wildman–Crippen MR) is 200 cm³/mol. The Labute approximate surface area is 316 Å². The number of nitro groups is 2. The first kappa shape index (κ1) is 41.3. The number of amides is 2. The lowest BCUT2D eigenvalue weighted by molar-refractivity contribution is -0.385. The Balaban J connectivity index is 1.41. The van der Waals surface area contributed by atoms with Crippen molar-refractivity contribution in [2.75, 3.05) is 59.1 Å². The van der Waals surface area contributed by atoms with Crippen molar-refractivity contribution in [2.45, 2.75) is 69.0 Å². The molecule has 2 fully saturated rings. The third kappa shape index (κ3) is 9.76. The molecule has 290 valence electrons. The molecular weight excluding hydrogens is 733 g/mol. The third-order valence-corrected chi connectivity index (χ3v) is 11.8. The van der Waals surface area contributed by atoms with Gasteiger partial charge in [0.05, 0.1) is 67.1 Å². The number of nitro benzene ring substituents is 2. The normalized spacial score (nSPS) is 16.8. The summed E-state index contributed by atoms with van der Waals surface area (Å²) in [6.07, 6.45) is 3.42. The molecule has 18 heteroatoms. The molecule has 0 bridgehead atoms. The van der Waals surface area contributed by atoms with E-state index in [1.165, 1.54) is 44.4 Å². The molecule has 0 saturated carbocycles. The molecule has 2 aromatic rings. The molecule has 0 radical (unpaired) electrons. The fourth-order valence-electron chi connectivity index (χ4n) is 6.48. The van der Waals surface area contributed by atoms with Gasteiger partial charge in [-0.2, -0.15) is 0 Å². The van der Waals surface area contributed by atoms with Crippen molar-refractivity contribution < 1.29 is 47.9 Å². The fourth-order valence-corrected chi connectivity index (χ4v) is 9.35. The number of hydrogen-bond acceptors (Lipinski definition) is 14. The predicted octanol–water partition coefficient (Wildman–Crippen LogP) is 5.97. The van der Waals surface area contributed by atoms with Crippen molar-refractivity contribution in [1.29, 1.82) is 0 Å². The van der Waals surface area contributed by atoms with Crippen LogP contribution in [0.3, 0.4) is 0 Å². The lowest BCUT2D eigenvalue weighted by Gasteiger charge is -2.31. The molecule has 0 unspecified atom stereocenters. The van der Waals surface area contributed by atoms with Crippen molar-refractivity contribution >= 4 is 52.7 Å². The summed E-state index contributed by atoms with van der Waals surface area (Å²) in [4.78, 5) is 65.3. The van der Waals surface area contributed by atoms with Crippen LogP contribution in [0.4, 0.5) is 11.4 Å². The zero-order valence-electron chi connectivity index (χ0n) is 30.5. The minimum absolute atomic E-state index is 0.0385. The highest BCUT2D eigenvalue weighted by molar-refractivity contribution is 8.17. The van der Waals surface area contributed by atoms with Crippen LogP contribution in [0.25, 0.3) is 0 Å². The maximum absolute atomic E-state index is 13.8. The number of carbonyl (C=O) groups is 3. The van der Waals surface area contributed by atoms with Crippen LogP contribution in [0.5, 0.6) is 23.0 Å². The standard InChI is InChI=1S/C35H46N4O12S2/c1-6-52-35(53-7-2)25-13-11-15-37(25)33(41)23-19-29(48-4)31(21-27(23)39(45)46)51-17-9-8-16-50-30-20-26(38(43)44)22(18-28(30)47-3)32(40)36-14-10-12-24(36)34(42)49-5/h18-21,24-25,35H,6-17H2,1-5H3/t24-,25-/m0/s1. The van der Waals surface area contributed by atoms with Crippen molar-refractivity contribution in [3.05, 3.63) is 55.6 Å². The number of carbonyl (C=O) groups excluding carboxylic acids is 3. The van der Waals surface area contributed by atoms with Crippen molar-refractivity contribution in [3.63, 3.8) is 0 Å². The van der Waals surface area contributed by atoms with Gasteiger partial charge in [-0.3, -0.25) is 29.8 Å². The van der Waals surface area contributed by atoms with Gasteiger partial charge in [-0.15, -0.1) is 23.5 Å². The highest BCUT2D eigenvalue weighted by atomic mass is 32.2. The van der Waals surface area contributed by atoms with Gasteiger partial charge in [-0.05, 0) is 50.0 Å². The number of likely N-dealkylation sites (tertiary alicyclic amines) is 2. The number of nitrogens with zero attached hydrogens (tertiary/aromatic N) is 4. The van der Waals surface area contributed by atoms with E-state index in [2.05, 4.69) is 13.8 Å². The number of rotatable bonds is 19. The van der Waals surface area contributed by atoms with Crippen LogP contribution >= 0.6 is 23.5 Å². The first-order valence-electron chi connectivity index (χ1n) is 17.4. The third-order valence-electron chi connectivity index (χ3n) is 8.99. The van der Waals surface area contributed by atoms with Crippen molar-refractivity contribution in [2.24, 2.45) is 0 Å². The van der Waals surface area contributed by atoms with Crippen molar-refractivity contribution in [3.8, 4) is 23.0 Å². The molecular formula is C35H46N4O12S2. The molecule has 2 amide bonds. The lowest BCUT2D eigenvalue weighted by atomic mass is 10.1. The van der Waals surface area contributed by atoms with Gasteiger partial charge in [0, 0.05) is 25.2 Å². The molecule has 2 aliphatic rings. The first-order valence-corrected chi connectivity index (χ1v) is 19.5. The van der Waals surface area contributed by atoms with Crippen LogP contribution < -0.4 is 18.9 Å². The van der Waals surface area contributed by atoms with Gasteiger partial charge in [0.2, 0.25) is 0 Å². The Kier molecular flexibility index (Phi) is 15.3. The quantitative estimate of drug-likeness (QED) is 0.0533. The molecule has 0 N–H and O–H groups in total. The summed E-state index contributed by atoms with van der Waals surface area (Å²) in [5.41, 5.74) is -1.17. The van der Waals surface area contributed by atoms with Gasteiger partial charge in [-0.1, -0.05) is 13.8 Å². The van der Waals surface area contributed by atoms with Gasteiger partial charge < -0.3 is 33.5 Å². The maximum Gasteiger partial charge on any atom is 0.328 e. The van der Waals surface area contributed by atoms with E-state index in [0.717, 1.165) is 30.4 Å². The van der Waals surface area contributed by atoms with E-state index < -0.39 is 39.4 Å². The maximum atomic E-state index is 13.8. The van der Waals surface area contributed by atoms with Crippen LogP contribution in [-0.4, -0.2) is 113 Å². The SMILES string of the molecule is CCSC(SCC)[C@@H]1CCCN1C(=O)c1cc(OC)c(OCCCCOc2cc([N+](=O)[O-])c(C(=O)N3CCC[C@H]3C(=O)OC)cc2OC)cc1[N+](=O)[O-]. The number of unbranched alkanes of at least 4 members (excludes halogenated alkanes) is 1. The second-order valence-corrected chi connectivity index (χ2v) is 15.3. The number of esters is 1. The Morgan fingerprint density at radius 3 is 1.68 bits per heavy atom. The summed E-state index contributed by atoms with van der Waals surface area (Å²) >= 11 is 3.56. The average molecular weight is 779 g/mol. The van der Waals surface area contributed by atoms with E-state index in [1.807, 2.05) is 0 Å². The molecule has 4 rings (SSSR count). The number of methoxy groups -OCH3 is 3. The second-order valence-electron chi connectivity index (χ2n) is 12.1. The van der Waals surface area contributed by atoms with E-state index in [9.17, 15) is 34.6 Å². The molecule has 16 nitrogen and oxygen atoms in total. The first-order chi connectivity index (χ1) is 25.5. The summed E-state index contributed by atoms with van der Waals surface area (Å²) in [5.74, 6) is 0.550. The second kappa shape index (κ2) is 19.6. The van der Waals surface area contributed by atoms with Crippen molar-refractivity contribution in [1.82, 2.24) is 9.80 Å². The van der Waals surface area contributed by atoms with Gasteiger partial charge >= 0.3 is 5.97 Å². The van der Waals surface area contributed by atoms with E-state index in [1.54, 1.807) is 28.4 Å². The number of ether oxygens (including phenoxy) is 5. The Bertz CT molecular complexity index is 1660. The summed E-state index contributed by atoms with van der Waals surface area (Å²) in [6, 6.07) is 4.07. The van der Waals surface area contributed by atoms with E-state index in [4.69, 9.17) is 23.7 Å². The molecule has 2 aromatic carbocycles. The smallest absolute Gasteiger partial charge is 0.328 e. The molecule has 2 atom stereocenters. The Morgan fingerprint density at radius 1 is 0.755 bits per heavy atom. The monoisotopic (exact) mass is 778 g/mol. The topological polar surface area (TPSA) is 190 Å². The molecule has 53 heavy (non-hydrogen) atoms. The zero-order valence-corrected chi connectivity index (χ0v) is 32.2. The number of benzene rings is 2. The molecule has 2 aliphatic heterocycles. The molecule has 2 saturated heterocycles. The summed E-state index contributed by atoms with van der Waals surface area (Å²) in [7, 11) is 3.95. The summed E-state index contributed by atoms with van der Waals surface area (Å²) in [6.45, 7) is 5.12. The number of thioether (sulfide) groups is 2. The van der Waals surface area contributed by atoms with Gasteiger partial charge in [0.15, 0.2) is 23.0 Å². The van der Waals surface area contributed by atoms with Gasteiger partial charge in [0.25, 0.3) is 23.2 Å². The highest BCUT2D eigenvalue weighted by Gasteiger charge is 2.39. The zero-order chi connectivity index (χ0) is 38.7. The fraction of sp³-hybridized carbons (Fsp3) is 0.571. The molecule has 0 spiro atoms. The van der Waals surface area contributed by atoms with Crippen LogP contribution in [0.2, 0.25) is 0 Å². The molecule has 0 aromatic heterocycles. The largest absolute Gasteiger partial charge is 0.493 e. The van der Waals surface area contributed by atoms with Crippen LogP contribution in [0.1, 0.15) is 73.1 Å². The van der Waals surface area contributed by atoms with E-state index >= 15 is 0 Å². The molecule has 2 heterocycles. The lowest BCUT2D eigenvalue weighted by Crippen LogP contribution is -2.41. The van der Waals surface area contributed by atoms with Crippen LogP contribution in [-0.2, 0) is 9.53 Å². The average Bonchev–Trinajstić information content (AvgIpc) is 3.85. The summed E-state index contributed by atoms with van der Waals surface area (Å²) in [5, 5.41) is 24.2. The minimum atomic E-state index is -0.835. The van der Waals surface area contributed by atoms with E-state index in [0.29, 0.717) is 32.2 Å². The van der Waals surface area contributed by atoms with Crippen LogP contribution in [0, 0.1) is 20.2 Å². The Morgan fingerprint density at radius 2 is 1.23 bits per heavy atom.